The molecule has 2 rings (SSSR count). The van der Waals surface area contributed by atoms with Gasteiger partial charge in [-0.3, -0.25) is 0 Å². The summed E-state index contributed by atoms with van der Waals surface area (Å²) in [4.78, 5) is 10.6. The fourth-order valence-corrected chi connectivity index (χ4v) is 2.95. The molecule has 1 fully saturated rings. The van der Waals surface area contributed by atoms with Gasteiger partial charge in [-0.1, -0.05) is 6.92 Å². The number of hydrogen-bond acceptors (Lipinski definition) is 2. The summed E-state index contributed by atoms with van der Waals surface area (Å²) < 4.78 is 6.21. The van der Waals surface area contributed by atoms with Gasteiger partial charge in [0.25, 0.3) is 0 Å². The molecule has 1 aromatic carbocycles. The number of carbonyl (C=O) groups is 1. The van der Waals surface area contributed by atoms with E-state index in [0.717, 1.165) is 47.3 Å². The first-order valence-corrected chi connectivity index (χ1v) is 7.64. The minimum Gasteiger partial charge on any atom is -0.490 e. The highest BCUT2D eigenvalue weighted by atomic mass is 16.5. The third-order valence-corrected chi connectivity index (χ3v) is 4.15. The van der Waals surface area contributed by atoms with Crippen molar-refractivity contribution in [3.8, 4) is 5.75 Å². The van der Waals surface area contributed by atoms with E-state index in [4.69, 9.17) is 9.84 Å². The molecule has 3 nitrogen and oxygen atoms in total. The maximum Gasteiger partial charge on any atom is 0.328 e. The van der Waals surface area contributed by atoms with Crippen LogP contribution in [-0.4, -0.2) is 17.2 Å². The van der Waals surface area contributed by atoms with Crippen molar-refractivity contribution in [1.82, 2.24) is 0 Å². The number of aliphatic carboxylic acids is 1. The molecule has 3 heteroatoms. The molecule has 0 aliphatic heterocycles. The zero-order valence-electron chi connectivity index (χ0n) is 13.1. The molecule has 0 radical (unpaired) electrons. The maximum absolute atomic E-state index is 10.6. The van der Waals surface area contributed by atoms with Crippen LogP contribution in [-0.2, 0) is 4.79 Å². The summed E-state index contributed by atoms with van der Waals surface area (Å²) in [5.74, 6) is 0.847. The van der Waals surface area contributed by atoms with Crippen molar-refractivity contribution in [2.24, 2.45) is 5.92 Å². The van der Waals surface area contributed by atoms with E-state index in [1.165, 1.54) is 12.8 Å². The smallest absolute Gasteiger partial charge is 0.328 e. The van der Waals surface area contributed by atoms with Gasteiger partial charge in [0.05, 0.1) is 6.10 Å². The maximum atomic E-state index is 10.6. The lowest BCUT2D eigenvalue weighted by Crippen LogP contribution is -2.23. The Hall–Kier alpha value is -1.77. The Morgan fingerprint density at radius 3 is 2.29 bits per heavy atom. The molecule has 1 N–H and O–H groups in total. The summed E-state index contributed by atoms with van der Waals surface area (Å²) in [6.07, 6.45) is 7.83. The largest absolute Gasteiger partial charge is 0.490 e. The SMILES string of the molecule is Cc1cc(C=CC(=O)O)cc(C)c1OC1CCC(C)CC1. The fraction of sp³-hybridized carbons (Fsp3) is 0.500. The van der Waals surface area contributed by atoms with Gasteiger partial charge in [0.1, 0.15) is 5.75 Å². The number of carboxylic acid groups (broad SMARTS) is 1. The third-order valence-electron chi connectivity index (χ3n) is 4.15. The van der Waals surface area contributed by atoms with Gasteiger partial charge in [-0.25, -0.2) is 4.79 Å². The van der Waals surface area contributed by atoms with Crippen LogP contribution in [0.4, 0.5) is 0 Å². The Balaban J connectivity index is 2.11. The van der Waals surface area contributed by atoms with Crippen LogP contribution in [0.3, 0.4) is 0 Å². The summed E-state index contributed by atoms with van der Waals surface area (Å²) in [5.41, 5.74) is 3.04. The van der Waals surface area contributed by atoms with Gasteiger partial charge in [0.15, 0.2) is 0 Å². The Labute approximate surface area is 126 Å². The van der Waals surface area contributed by atoms with E-state index < -0.39 is 5.97 Å². The molecule has 1 aromatic rings. The molecular formula is C18H24O3. The Morgan fingerprint density at radius 1 is 1.19 bits per heavy atom. The molecule has 1 saturated carbocycles. The minimum absolute atomic E-state index is 0.319. The van der Waals surface area contributed by atoms with Gasteiger partial charge >= 0.3 is 5.97 Å². The number of carboxylic acids is 1. The molecule has 1 aliphatic carbocycles. The third kappa shape index (κ3) is 4.35. The summed E-state index contributed by atoms with van der Waals surface area (Å²) in [5, 5.41) is 8.69. The zero-order valence-corrected chi connectivity index (χ0v) is 13.1. The first-order valence-electron chi connectivity index (χ1n) is 7.64. The highest BCUT2D eigenvalue weighted by Gasteiger charge is 2.20. The molecule has 1 aliphatic rings. The molecule has 21 heavy (non-hydrogen) atoms. The molecule has 0 atom stereocenters. The first-order chi connectivity index (χ1) is 9.95. The summed E-state index contributed by atoms with van der Waals surface area (Å²) in [7, 11) is 0. The predicted molar refractivity (Wildman–Crippen MR) is 84.6 cm³/mol. The number of benzene rings is 1. The van der Waals surface area contributed by atoms with E-state index in [0.29, 0.717) is 6.10 Å². The monoisotopic (exact) mass is 288 g/mol. The van der Waals surface area contributed by atoms with E-state index in [2.05, 4.69) is 6.92 Å². The van der Waals surface area contributed by atoms with Crippen molar-refractivity contribution in [3.63, 3.8) is 0 Å². The standard InChI is InChI=1S/C18H24O3/c1-12-4-7-16(8-5-12)21-18-13(2)10-15(11-14(18)3)6-9-17(19)20/h6,9-12,16H,4-5,7-8H2,1-3H3,(H,19,20). The van der Waals surface area contributed by atoms with Gasteiger partial charge in [-0.2, -0.15) is 0 Å². The van der Waals surface area contributed by atoms with Crippen LogP contribution < -0.4 is 4.74 Å². The van der Waals surface area contributed by atoms with Crippen molar-refractivity contribution in [2.75, 3.05) is 0 Å². The minimum atomic E-state index is -0.929. The van der Waals surface area contributed by atoms with E-state index in [-0.39, 0.29) is 0 Å². The second-order valence-corrected chi connectivity index (χ2v) is 6.16. The van der Waals surface area contributed by atoms with Crippen molar-refractivity contribution in [2.45, 2.75) is 52.6 Å². The van der Waals surface area contributed by atoms with Crippen LogP contribution in [0.2, 0.25) is 0 Å². The van der Waals surface area contributed by atoms with Crippen molar-refractivity contribution >= 4 is 12.0 Å². The summed E-state index contributed by atoms with van der Waals surface area (Å²) >= 11 is 0. The van der Waals surface area contributed by atoms with Crippen LogP contribution in [0, 0.1) is 19.8 Å². The number of rotatable bonds is 4. The second-order valence-electron chi connectivity index (χ2n) is 6.16. The van der Waals surface area contributed by atoms with E-state index in [9.17, 15) is 4.79 Å². The topological polar surface area (TPSA) is 46.5 Å². The normalized spacial score (nSPS) is 22.4. The second kappa shape index (κ2) is 6.79. The highest BCUT2D eigenvalue weighted by molar-refractivity contribution is 5.85. The van der Waals surface area contributed by atoms with Gasteiger partial charge in [0.2, 0.25) is 0 Å². The van der Waals surface area contributed by atoms with Crippen LogP contribution in [0.1, 0.15) is 49.3 Å². The highest BCUT2D eigenvalue weighted by Crippen LogP contribution is 2.31. The predicted octanol–water partition coefficient (Wildman–Crippen LogP) is 4.36. The van der Waals surface area contributed by atoms with Crippen LogP contribution in [0.25, 0.3) is 6.08 Å². The van der Waals surface area contributed by atoms with E-state index >= 15 is 0 Å². The first kappa shape index (κ1) is 15.6. The molecular weight excluding hydrogens is 264 g/mol. The lowest BCUT2D eigenvalue weighted by molar-refractivity contribution is -0.131. The van der Waals surface area contributed by atoms with Gasteiger partial charge in [-0.15, -0.1) is 0 Å². The van der Waals surface area contributed by atoms with Crippen LogP contribution in [0.15, 0.2) is 18.2 Å². The lowest BCUT2D eigenvalue weighted by atomic mass is 9.89. The summed E-state index contributed by atoms with van der Waals surface area (Å²) in [6.45, 7) is 6.34. The number of ether oxygens (including phenoxy) is 1. The van der Waals surface area contributed by atoms with Crippen LogP contribution >= 0.6 is 0 Å². The Kier molecular flexibility index (Phi) is 5.05. The van der Waals surface area contributed by atoms with Gasteiger partial charge in [0, 0.05) is 6.08 Å². The molecule has 0 spiro atoms. The zero-order chi connectivity index (χ0) is 15.4. The molecule has 0 unspecified atom stereocenters. The van der Waals surface area contributed by atoms with Crippen molar-refractivity contribution < 1.29 is 14.6 Å². The average molecular weight is 288 g/mol. The van der Waals surface area contributed by atoms with Crippen molar-refractivity contribution in [3.05, 3.63) is 34.9 Å². The molecule has 0 saturated heterocycles. The van der Waals surface area contributed by atoms with Gasteiger partial charge < -0.3 is 9.84 Å². The van der Waals surface area contributed by atoms with E-state index in [1.54, 1.807) is 6.08 Å². The molecule has 0 heterocycles. The van der Waals surface area contributed by atoms with E-state index in [1.807, 2.05) is 26.0 Å². The number of hydrogen-bond donors (Lipinski definition) is 1. The molecule has 0 amide bonds. The summed E-state index contributed by atoms with van der Waals surface area (Å²) in [6, 6.07) is 3.96. The molecule has 114 valence electrons. The lowest BCUT2D eigenvalue weighted by Gasteiger charge is -2.28. The average Bonchev–Trinajstić information content (AvgIpc) is 2.42. The molecule has 0 bridgehead atoms. The fourth-order valence-electron chi connectivity index (χ4n) is 2.95. The van der Waals surface area contributed by atoms with Crippen molar-refractivity contribution in [1.29, 1.82) is 0 Å². The Morgan fingerprint density at radius 2 is 1.76 bits per heavy atom. The molecule has 0 aromatic heterocycles. The quantitative estimate of drug-likeness (QED) is 0.837. The number of aryl methyl sites for hydroxylation is 2. The van der Waals surface area contributed by atoms with Crippen LogP contribution in [0.5, 0.6) is 5.75 Å². The van der Waals surface area contributed by atoms with Gasteiger partial charge in [-0.05, 0) is 80.3 Å². The Bertz CT molecular complexity index is 514.